The molecule has 2 nitrogen and oxygen atoms in total. The van der Waals surface area contributed by atoms with E-state index >= 15 is 0 Å². The normalized spacial score (nSPS) is 12.6. The Morgan fingerprint density at radius 3 is 2.60 bits per heavy atom. The standard InChI is InChI=1S/C16H12Cl2N2/c17-10-5-6-14(18)13(9-10)16(19)12-7-8-20-15-4-2-1-3-11(12)15/h1-9,16H,19H2. The van der Waals surface area contributed by atoms with E-state index in [-0.39, 0.29) is 6.04 Å². The first-order chi connectivity index (χ1) is 9.66. The van der Waals surface area contributed by atoms with Crippen LogP contribution in [0, 0.1) is 0 Å². The van der Waals surface area contributed by atoms with Crippen LogP contribution in [-0.2, 0) is 0 Å². The van der Waals surface area contributed by atoms with Gasteiger partial charge in [0.05, 0.1) is 11.6 Å². The second-order valence-corrected chi connectivity index (χ2v) is 5.40. The van der Waals surface area contributed by atoms with Gasteiger partial charge in [0.25, 0.3) is 0 Å². The summed E-state index contributed by atoms with van der Waals surface area (Å²) in [6, 6.07) is 14.8. The van der Waals surface area contributed by atoms with E-state index in [1.165, 1.54) is 0 Å². The van der Waals surface area contributed by atoms with Gasteiger partial charge in [0, 0.05) is 21.6 Å². The van der Waals surface area contributed by atoms with E-state index < -0.39 is 0 Å². The molecular formula is C16H12Cl2N2. The van der Waals surface area contributed by atoms with Gasteiger partial charge in [0.2, 0.25) is 0 Å². The Balaban J connectivity index is 2.17. The highest BCUT2D eigenvalue weighted by molar-refractivity contribution is 6.33. The lowest BCUT2D eigenvalue weighted by Gasteiger charge is -2.16. The third-order valence-electron chi connectivity index (χ3n) is 3.31. The van der Waals surface area contributed by atoms with Crippen LogP contribution in [0.15, 0.2) is 54.7 Å². The fraction of sp³-hybridized carbons (Fsp3) is 0.0625. The molecule has 1 heterocycles. The average molecular weight is 303 g/mol. The van der Waals surface area contributed by atoms with Gasteiger partial charge in [-0.2, -0.15) is 0 Å². The lowest BCUT2D eigenvalue weighted by molar-refractivity contribution is 0.879. The van der Waals surface area contributed by atoms with E-state index in [0.29, 0.717) is 10.0 Å². The van der Waals surface area contributed by atoms with Crippen molar-refractivity contribution in [1.82, 2.24) is 4.98 Å². The minimum atomic E-state index is -0.339. The fourth-order valence-corrected chi connectivity index (χ4v) is 2.73. The molecule has 0 aliphatic rings. The first-order valence-electron chi connectivity index (χ1n) is 6.21. The molecule has 0 radical (unpaired) electrons. The van der Waals surface area contributed by atoms with Gasteiger partial charge in [0.1, 0.15) is 0 Å². The Morgan fingerprint density at radius 1 is 0.950 bits per heavy atom. The Morgan fingerprint density at radius 2 is 1.75 bits per heavy atom. The van der Waals surface area contributed by atoms with Gasteiger partial charge in [-0.1, -0.05) is 41.4 Å². The molecule has 1 unspecified atom stereocenters. The molecule has 0 saturated heterocycles. The van der Waals surface area contributed by atoms with Gasteiger partial charge in [-0.05, 0) is 41.5 Å². The molecule has 0 saturated carbocycles. The number of nitrogens with zero attached hydrogens (tertiary/aromatic N) is 1. The second kappa shape index (κ2) is 5.41. The second-order valence-electron chi connectivity index (χ2n) is 4.56. The molecule has 0 bridgehead atoms. The molecule has 2 aromatic carbocycles. The van der Waals surface area contributed by atoms with Crippen LogP contribution in [0.25, 0.3) is 10.9 Å². The average Bonchev–Trinajstić information content (AvgIpc) is 2.48. The summed E-state index contributed by atoms with van der Waals surface area (Å²) in [5.74, 6) is 0. The number of nitrogens with two attached hydrogens (primary N) is 1. The molecule has 20 heavy (non-hydrogen) atoms. The third-order valence-corrected chi connectivity index (χ3v) is 3.89. The van der Waals surface area contributed by atoms with Crippen molar-refractivity contribution in [3.63, 3.8) is 0 Å². The highest BCUT2D eigenvalue weighted by Crippen LogP contribution is 2.31. The highest BCUT2D eigenvalue weighted by atomic mass is 35.5. The number of aromatic nitrogens is 1. The number of hydrogen-bond acceptors (Lipinski definition) is 2. The predicted molar refractivity (Wildman–Crippen MR) is 84.2 cm³/mol. The summed E-state index contributed by atoms with van der Waals surface area (Å²) in [5.41, 5.74) is 9.10. The molecule has 0 fully saturated rings. The van der Waals surface area contributed by atoms with Crippen LogP contribution >= 0.6 is 23.2 Å². The lowest BCUT2D eigenvalue weighted by atomic mass is 9.96. The smallest absolute Gasteiger partial charge is 0.0705 e. The van der Waals surface area contributed by atoms with Gasteiger partial charge >= 0.3 is 0 Å². The van der Waals surface area contributed by atoms with E-state index in [1.54, 1.807) is 18.3 Å². The zero-order valence-corrected chi connectivity index (χ0v) is 12.1. The summed E-state index contributed by atoms with van der Waals surface area (Å²) in [6.45, 7) is 0. The maximum absolute atomic E-state index is 6.38. The Bertz CT molecular complexity index is 766. The third kappa shape index (κ3) is 2.38. The minimum Gasteiger partial charge on any atom is -0.320 e. The van der Waals surface area contributed by atoms with Crippen molar-refractivity contribution in [3.8, 4) is 0 Å². The number of fused-ring (bicyclic) bond motifs is 1. The van der Waals surface area contributed by atoms with Crippen LogP contribution in [0.5, 0.6) is 0 Å². The maximum Gasteiger partial charge on any atom is 0.0705 e. The summed E-state index contributed by atoms with van der Waals surface area (Å²) >= 11 is 12.3. The van der Waals surface area contributed by atoms with Crippen LogP contribution in [0.3, 0.4) is 0 Å². The van der Waals surface area contributed by atoms with Crippen LogP contribution in [0.2, 0.25) is 10.0 Å². The van der Waals surface area contributed by atoms with E-state index in [1.807, 2.05) is 36.4 Å². The van der Waals surface area contributed by atoms with E-state index in [4.69, 9.17) is 28.9 Å². The van der Waals surface area contributed by atoms with E-state index in [2.05, 4.69) is 4.98 Å². The zero-order chi connectivity index (χ0) is 14.1. The van der Waals surface area contributed by atoms with Crippen molar-refractivity contribution in [3.05, 3.63) is 75.9 Å². The molecular weight excluding hydrogens is 291 g/mol. The van der Waals surface area contributed by atoms with Crippen LogP contribution in [0.1, 0.15) is 17.2 Å². The zero-order valence-electron chi connectivity index (χ0n) is 10.6. The number of hydrogen-bond donors (Lipinski definition) is 1. The molecule has 4 heteroatoms. The van der Waals surface area contributed by atoms with Gasteiger partial charge < -0.3 is 5.73 Å². The van der Waals surface area contributed by atoms with Crippen molar-refractivity contribution >= 4 is 34.1 Å². The molecule has 2 N–H and O–H groups in total. The number of rotatable bonds is 2. The van der Waals surface area contributed by atoms with Crippen molar-refractivity contribution in [2.75, 3.05) is 0 Å². The number of benzene rings is 2. The van der Waals surface area contributed by atoms with Crippen molar-refractivity contribution < 1.29 is 0 Å². The van der Waals surface area contributed by atoms with Crippen LogP contribution < -0.4 is 5.73 Å². The molecule has 1 atom stereocenters. The quantitative estimate of drug-likeness (QED) is 0.752. The summed E-state index contributed by atoms with van der Waals surface area (Å²) in [7, 11) is 0. The molecule has 3 rings (SSSR count). The van der Waals surface area contributed by atoms with Crippen LogP contribution in [-0.4, -0.2) is 4.98 Å². The van der Waals surface area contributed by atoms with Gasteiger partial charge in [0.15, 0.2) is 0 Å². The van der Waals surface area contributed by atoms with Gasteiger partial charge in [-0.15, -0.1) is 0 Å². The summed E-state index contributed by atoms with van der Waals surface area (Å²) in [5, 5.41) is 2.26. The molecule has 3 aromatic rings. The minimum absolute atomic E-state index is 0.339. The Kier molecular flexibility index (Phi) is 3.62. The molecule has 0 aliphatic heterocycles. The largest absolute Gasteiger partial charge is 0.320 e. The van der Waals surface area contributed by atoms with Gasteiger partial charge in [-0.3, -0.25) is 4.98 Å². The molecule has 0 spiro atoms. The fourth-order valence-electron chi connectivity index (χ4n) is 2.31. The van der Waals surface area contributed by atoms with E-state index in [0.717, 1.165) is 22.0 Å². The molecule has 100 valence electrons. The highest BCUT2D eigenvalue weighted by Gasteiger charge is 2.15. The number of para-hydroxylation sites is 1. The van der Waals surface area contributed by atoms with E-state index in [9.17, 15) is 0 Å². The summed E-state index contributed by atoms with van der Waals surface area (Å²) < 4.78 is 0. The van der Waals surface area contributed by atoms with Crippen molar-refractivity contribution in [1.29, 1.82) is 0 Å². The van der Waals surface area contributed by atoms with Gasteiger partial charge in [-0.25, -0.2) is 0 Å². The molecule has 0 aliphatic carbocycles. The number of halogens is 2. The summed E-state index contributed by atoms with van der Waals surface area (Å²) in [4.78, 5) is 4.34. The SMILES string of the molecule is NC(c1cc(Cl)ccc1Cl)c1ccnc2ccccc12. The monoisotopic (exact) mass is 302 g/mol. The first kappa shape index (κ1) is 13.4. The maximum atomic E-state index is 6.38. The van der Waals surface area contributed by atoms with Crippen molar-refractivity contribution in [2.45, 2.75) is 6.04 Å². The van der Waals surface area contributed by atoms with Crippen LogP contribution in [0.4, 0.5) is 0 Å². The first-order valence-corrected chi connectivity index (χ1v) is 6.96. The molecule has 0 amide bonds. The molecule has 1 aromatic heterocycles. The predicted octanol–water partition coefficient (Wildman–Crippen LogP) is 4.59. The summed E-state index contributed by atoms with van der Waals surface area (Å²) in [6.07, 6.45) is 1.76. The topological polar surface area (TPSA) is 38.9 Å². The van der Waals surface area contributed by atoms with Crippen molar-refractivity contribution in [2.24, 2.45) is 5.73 Å². The lowest BCUT2D eigenvalue weighted by Crippen LogP contribution is -2.13. The Hall–Kier alpha value is -1.61. The Labute approximate surface area is 127 Å². The number of pyridine rings is 1.